The number of aliphatic imine (C=N–C) groups is 1. The molecule has 1 fully saturated rings. The lowest BCUT2D eigenvalue weighted by molar-refractivity contribution is -0.114. The summed E-state index contributed by atoms with van der Waals surface area (Å²) in [5.74, 6) is 0.732. The molecule has 1 amide bonds. The number of ether oxygens (including phenoxy) is 2. The monoisotopic (exact) mass is 475 g/mol. The first-order chi connectivity index (χ1) is 16.5. The van der Waals surface area contributed by atoms with E-state index in [2.05, 4.69) is 21.1 Å². The third-order valence-electron chi connectivity index (χ3n) is 5.80. The molecule has 1 saturated heterocycles. The van der Waals surface area contributed by atoms with Crippen LogP contribution in [0.25, 0.3) is 6.08 Å². The molecule has 8 nitrogen and oxygen atoms in total. The molecule has 3 aliphatic rings. The second-order valence-corrected chi connectivity index (χ2v) is 9.22. The van der Waals surface area contributed by atoms with Crippen molar-refractivity contribution in [1.82, 2.24) is 9.91 Å². The smallest absolute Gasteiger partial charge is 0.283 e. The van der Waals surface area contributed by atoms with Gasteiger partial charge in [-0.15, -0.1) is 5.10 Å². The van der Waals surface area contributed by atoms with E-state index < -0.39 is 5.91 Å². The molecule has 0 unspecified atom stereocenters. The van der Waals surface area contributed by atoms with E-state index in [9.17, 15) is 4.79 Å². The average molecular weight is 476 g/mol. The van der Waals surface area contributed by atoms with Crippen molar-refractivity contribution < 1.29 is 14.3 Å². The number of likely N-dealkylation sites (tertiary alicyclic amines) is 1. The van der Waals surface area contributed by atoms with Crippen LogP contribution in [0, 0.1) is 12.3 Å². The topological polar surface area (TPSA) is 90.6 Å². The van der Waals surface area contributed by atoms with Crippen molar-refractivity contribution in [2.75, 3.05) is 20.2 Å². The van der Waals surface area contributed by atoms with Gasteiger partial charge < -0.3 is 14.4 Å². The number of thioether (sulfide) groups is 1. The summed E-state index contributed by atoms with van der Waals surface area (Å²) in [6.07, 6.45) is 3.89. The van der Waals surface area contributed by atoms with E-state index >= 15 is 0 Å². The molecule has 0 saturated carbocycles. The van der Waals surface area contributed by atoms with Gasteiger partial charge in [0.2, 0.25) is 5.17 Å². The summed E-state index contributed by atoms with van der Waals surface area (Å²) in [5.41, 5.74) is 3.14. The van der Waals surface area contributed by atoms with Gasteiger partial charge in [0.25, 0.3) is 5.91 Å². The van der Waals surface area contributed by atoms with Crippen molar-refractivity contribution in [3.8, 4) is 11.5 Å². The third-order valence-corrected chi connectivity index (χ3v) is 6.77. The van der Waals surface area contributed by atoms with Crippen LogP contribution >= 0.6 is 11.8 Å². The normalized spacial score (nSPS) is 18.8. The number of methoxy groups -OCH3 is 1. The van der Waals surface area contributed by atoms with Gasteiger partial charge in [0.1, 0.15) is 6.61 Å². The van der Waals surface area contributed by atoms with E-state index in [1.54, 1.807) is 19.3 Å². The Balaban J connectivity index is 1.35. The Kier molecular flexibility index (Phi) is 6.10. The average Bonchev–Trinajstić information content (AvgIpc) is 3.51. The van der Waals surface area contributed by atoms with Gasteiger partial charge in [-0.25, -0.2) is 0 Å². The standard InChI is InChI=1S/C25H25N5O3S/c1-16-6-5-7-18(12-16)15-33-20-9-8-17(14-21(20)32-2)13-19-22(26)30-24(27-23(19)31)34-25(28-30)29-10-3-4-11-29/h5-9,12-14,26H,3-4,10-11,15H2,1-2H3/b19-13-,26-22?. The number of rotatable bonds is 5. The maximum absolute atomic E-state index is 12.7. The molecule has 5 rings (SSSR count). The molecule has 0 bridgehead atoms. The summed E-state index contributed by atoms with van der Waals surface area (Å²) >= 11 is 1.35. The summed E-state index contributed by atoms with van der Waals surface area (Å²) in [4.78, 5) is 19.1. The molecule has 34 heavy (non-hydrogen) atoms. The number of benzene rings is 2. The molecular weight excluding hydrogens is 450 g/mol. The number of aryl methyl sites for hydroxylation is 1. The number of nitrogens with one attached hydrogen (secondary N) is 1. The number of fused-ring (bicyclic) bond motifs is 1. The van der Waals surface area contributed by atoms with Crippen LogP contribution in [0.2, 0.25) is 0 Å². The lowest BCUT2D eigenvalue weighted by Crippen LogP contribution is -2.35. The van der Waals surface area contributed by atoms with Crippen LogP contribution in [0.15, 0.2) is 58.1 Å². The Morgan fingerprint density at radius 2 is 1.94 bits per heavy atom. The highest BCUT2D eigenvalue weighted by molar-refractivity contribution is 8.26. The molecule has 2 aromatic rings. The molecule has 9 heteroatoms. The number of amidine groups is 3. The molecule has 2 aromatic carbocycles. The third kappa shape index (κ3) is 4.43. The van der Waals surface area contributed by atoms with E-state index in [-0.39, 0.29) is 11.4 Å². The number of hydrogen-bond donors (Lipinski definition) is 1. The zero-order valence-electron chi connectivity index (χ0n) is 19.1. The summed E-state index contributed by atoms with van der Waals surface area (Å²) in [6, 6.07) is 13.6. The van der Waals surface area contributed by atoms with Gasteiger partial charge in [-0.2, -0.15) is 10.0 Å². The van der Waals surface area contributed by atoms with Crippen LogP contribution in [0.1, 0.15) is 29.5 Å². The molecule has 174 valence electrons. The minimum atomic E-state index is -0.444. The molecule has 0 aromatic heterocycles. The van der Waals surface area contributed by atoms with Gasteiger partial charge in [0.05, 0.1) is 12.7 Å². The Morgan fingerprint density at radius 3 is 2.71 bits per heavy atom. The van der Waals surface area contributed by atoms with Gasteiger partial charge in [-0.3, -0.25) is 10.2 Å². The summed E-state index contributed by atoms with van der Waals surface area (Å²) in [6.45, 7) is 4.34. The molecule has 3 heterocycles. The van der Waals surface area contributed by atoms with Crippen LogP contribution in [0.3, 0.4) is 0 Å². The van der Waals surface area contributed by atoms with Gasteiger partial charge >= 0.3 is 0 Å². The Hall–Kier alpha value is -3.59. The molecule has 1 N–H and O–H groups in total. The summed E-state index contributed by atoms with van der Waals surface area (Å²) in [7, 11) is 1.58. The minimum absolute atomic E-state index is 0.0236. The van der Waals surface area contributed by atoms with E-state index in [1.807, 2.05) is 37.3 Å². The number of carbonyl (C=O) groups is 1. The fourth-order valence-electron chi connectivity index (χ4n) is 4.04. The molecule has 0 atom stereocenters. The first kappa shape index (κ1) is 22.2. The summed E-state index contributed by atoms with van der Waals surface area (Å²) in [5, 5.41) is 15.8. The van der Waals surface area contributed by atoms with E-state index in [1.165, 1.54) is 22.3 Å². The quantitative estimate of drug-likeness (QED) is 0.650. The van der Waals surface area contributed by atoms with Gasteiger partial charge in [0, 0.05) is 13.1 Å². The first-order valence-corrected chi connectivity index (χ1v) is 11.9. The number of carbonyl (C=O) groups excluding carboxylic acids is 1. The molecule has 0 spiro atoms. The number of nitrogens with zero attached hydrogens (tertiary/aromatic N) is 4. The maximum atomic E-state index is 12.7. The van der Waals surface area contributed by atoms with Crippen molar-refractivity contribution in [2.45, 2.75) is 26.4 Å². The van der Waals surface area contributed by atoms with Gasteiger partial charge in [-0.05, 0) is 60.9 Å². The fraction of sp³-hybridized carbons (Fsp3) is 0.280. The number of amides is 1. The van der Waals surface area contributed by atoms with Gasteiger partial charge in [0.15, 0.2) is 22.5 Å². The summed E-state index contributed by atoms with van der Waals surface area (Å²) < 4.78 is 11.5. The SMILES string of the molecule is COc1cc(/C=C2/C(=N)N3N=C(N4CCCC4)SC3=NC2=O)ccc1OCc1cccc(C)c1. The fourth-order valence-corrected chi connectivity index (χ4v) is 4.99. The lowest BCUT2D eigenvalue weighted by Gasteiger charge is -2.20. The Bertz CT molecular complexity index is 1250. The van der Waals surface area contributed by atoms with Crippen molar-refractivity contribution in [1.29, 1.82) is 5.41 Å². The van der Waals surface area contributed by atoms with Crippen LogP contribution in [0.4, 0.5) is 0 Å². The molecule has 0 aliphatic carbocycles. The molecule has 3 aliphatic heterocycles. The lowest BCUT2D eigenvalue weighted by atomic mass is 10.1. The number of hydrazone groups is 1. The van der Waals surface area contributed by atoms with Crippen LogP contribution < -0.4 is 9.47 Å². The van der Waals surface area contributed by atoms with Crippen LogP contribution in [0.5, 0.6) is 11.5 Å². The minimum Gasteiger partial charge on any atom is -0.493 e. The largest absolute Gasteiger partial charge is 0.493 e. The Morgan fingerprint density at radius 1 is 1.12 bits per heavy atom. The predicted octanol–water partition coefficient (Wildman–Crippen LogP) is 4.26. The van der Waals surface area contributed by atoms with Crippen molar-refractivity contribution >= 4 is 39.9 Å². The highest BCUT2D eigenvalue weighted by Gasteiger charge is 2.37. The maximum Gasteiger partial charge on any atom is 0.283 e. The van der Waals surface area contributed by atoms with E-state index in [4.69, 9.17) is 14.9 Å². The second kappa shape index (κ2) is 9.34. The molecular formula is C25H25N5O3S. The highest BCUT2D eigenvalue weighted by Crippen LogP contribution is 2.33. The van der Waals surface area contributed by atoms with Crippen molar-refractivity contribution in [3.05, 3.63) is 64.7 Å². The highest BCUT2D eigenvalue weighted by atomic mass is 32.2. The van der Waals surface area contributed by atoms with Gasteiger partial charge in [-0.1, -0.05) is 35.9 Å². The predicted molar refractivity (Wildman–Crippen MR) is 134 cm³/mol. The van der Waals surface area contributed by atoms with E-state index in [0.717, 1.165) is 36.7 Å². The second-order valence-electron chi connectivity index (χ2n) is 8.28. The number of hydrogen-bond acceptors (Lipinski definition) is 7. The van der Waals surface area contributed by atoms with Crippen molar-refractivity contribution in [2.24, 2.45) is 10.1 Å². The zero-order valence-corrected chi connectivity index (χ0v) is 19.9. The van der Waals surface area contributed by atoms with E-state index in [0.29, 0.717) is 28.8 Å². The molecule has 0 radical (unpaired) electrons. The zero-order chi connectivity index (χ0) is 23.7. The van der Waals surface area contributed by atoms with Crippen LogP contribution in [-0.4, -0.2) is 52.2 Å². The van der Waals surface area contributed by atoms with Crippen molar-refractivity contribution in [3.63, 3.8) is 0 Å². The van der Waals surface area contributed by atoms with Crippen LogP contribution in [-0.2, 0) is 11.4 Å². The Labute approximate surface area is 202 Å². The first-order valence-electron chi connectivity index (χ1n) is 11.1.